The highest BCUT2D eigenvalue weighted by molar-refractivity contribution is 7.28. The highest BCUT2D eigenvalue weighted by Crippen LogP contribution is 2.33. The summed E-state index contributed by atoms with van der Waals surface area (Å²) in [4.78, 5) is 45.9. The van der Waals surface area contributed by atoms with Gasteiger partial charge in [0.1, 0.15) is 17.8 Å². The number of aromatic nitrogens is 3. The Hall–Kier alpha value is -2.64. The van der Waals surface area contributed by atoms with Crippen LogP contribution >= 0.6 is 9.24 Å². The van der Waals surface area contributed by atoms with Crippen LogP contribution in [0.15, 0.2) is 24.7 Å². The lowest BCUT2D eigenvalue weighted by molar-refractivity contribution is -0.182. The molecule has 1 unspecified atom stereocenters. The van der Waals surface area contributed by atoms with Crippen LogP contribution in [0.4, 0.5) is 5.82 Å². The Kier molecular flexibility index (Phi) is 6.43. The third-order valence-electron chi connectivity index (χ3n) is 5.89. The Morgan fingerprint density at radius 3 is 2.61 bits per heavy atom. The van der Waals surface area contributed by atoms with Gasteiger partial charge in [0, 0.05) is 49.7 Å². The second-order valence-corrected chi connectivity index (χ2v) is 8.41. The molecule has 164 valence electrons. The lowest BCUT2D eigenvalue weighted by atomic mass is 9.94. The van der Waals surface area contributed by atoms with Crippen LogP contribution in [0, 0.1) is 12.8 Å². The number of aryl methyl sites for hydroxylation is 1. The molecule has 2 aromatic heterocycles. The van der Waals surface area contributed by atoms with Crippen molar-refractivity contribution in [2.75, 3.05) is 31.6 Å². The third-order valence-corrected chi connectivity index (χ3v) is 6.42. The Balaban J connectivity index is 1.42. The van der Waals surface area contributed by atoms with Crippen molar-refractivity contribution < 1.29 is 14.4 Å². The van der Waals surface area contributed by atoms with Gasteiger partial charge >= 0.3 is 0 Å². The zero-order valence-electron chi connectivity index (χ0n) is 17.7. The molecule has 2 atom stereocenters. The fourth-order valence-electron chi connectivity index (χ4n) is 4.12. The van der Waals surface area contributed by atoms with Crippen molar-refractivity contribution in [2.24, 2.45) is 5.92 Å². The van der Waals surface area contributed by atoms with E-state index in [-0.39, 0.29) is 23.8 Å². The van der Waals surface area contributed by atoms with Crippen LogP contribution in [0.25, 0.3) is 0 Å². The van der Waals surface area contributed by atoms with Crippen LogP contribution in [-0.4, -0.2) is 58.6 Å². The van der Waals surface area contributed by atoms with E-state index in [0.29, 0.717) is 49.4 Å². The molecule has 4 heterocycles. The molecular weight excluding hydrogens is 415 g/mol. The maximum absolute atomic E-state index is 13.2. The Bertz CT molecular complexity index is 962. The van der Waals surface area contributed by atoms with Crippen molar-refractivity contribution >= 4 is 32.2 Å². The molecule has 31 heavy (non-hydrogen) atoms. The van der Waals surface area contributed by atoms with E-state index in [9.17, 15) is 9.59 Å². The molecule has 9 nitrogen and oxygen atoms in total. The molecule has 10 heteroatoms. The van der Waals surface area contributed by atoms with Crippen molar-refractivity contribution in [1.82, 2.24) is 25.3 Å². The molecule has 0 spiro atoms. The molecule has 0 aliphatic carbocycles. The molecule has 0 bridgehead atoms. The van der Waals surface area contributed by atoms with Crippen LogP contribution in [0.3, 0.4) is 0 Å². The number of nitrogens with one attached hydrogen (secondary N) is 1. The number of rotatable bonds is 4. The van der Waals surface area contributed by atoms with Crippen LogP contribution < -0.4 is 15.5 Å². The van der Waals surface area contributed by atoms with E-state index in [1.807, 2.05) is 25.3 Å². The van der Waals surface area contributed by atoms with Gasteiger partial charge in [-0.2, -0.15) is 0 Å². The van der Waals surface area contributed by atoms with Crippen LogP contribution in [0.2, 0.25) is 0 Å². The Morgan fingerprint density at radius 2 is 1.94 bits per heavy atom. The lowest BCUT2D eigenvalue weighted by Crippen LogP contribution is -2.43. The van der Waals surface area contributed by atoms with Gasteiger partial charge in [0.05, 0.1) is 12.6 Å². The van der Waals surface area contributed by atoms with Crippen molar-refractivity contribution in [3.05, 3.63) is 41.6 Å². The minimum Gasteiger partial charge on any atom is -0.356 e. The quantitative estimate of drug-likeness (QED) is 0.710. The number of anilines is 1. The molecule has 2 amide bonds. The first-order valence-corrected chi connectivity index (χ1v) is 11.0. The van der Waals surface area contributed by atoms with Gasteiger partial charge in [0.2, 0.25) is 5.91 Å². The van der Waals surface area contributed by atoms with Gasteiger partial charge in [0.25, 0.3) is 5.91 Å². The largest absolute Gasteiger partial charge is 0.356 e. The summed E-state index contributed by atoms with van der Waals surface area (Å²) in [7, 11) is 4.15. The van der Waals surface area contributed by atoms with Gasteiger partial charge < -0.3 is 10.2 Å². The highest BCUT2D eigenvalue weighted by atomic mass is 31.0. The zero-order valence-corrected chi connectivity index (χ0v) is 18.9. The Labute approximate surface area is 183 Å². The first-order valence-electron chi connectivity index (χ1n) is 10.5. The number of pyridine rings is 1. The van der Waals surface area contributed by atoms with Crippen LogP contribution in [-0.2, 0) is 9.63 Å². The summed E-state index contributed by atoms with van der Waals surface area (Å²) in [6, 6.07) is 3.89. The monoisotopic (exact) mass is 442 g/mol. The number of nitrogens with zero attached hydrogens (tertiary/aromatic N) is 5. The summed E-state index contributed by atoms with van der Waals surface area (Å²) < 4.78 is 0. The first-order chi connectivity index (χ1) is 15.0. The summed E-state index contributed by atoms with van der Waals surface area (Å²) >= 11 is 0. The van der Waals surface area contributed by atoms with E-state index in [0.717, 1.165) is 17.7 Å². The van der Waals surface area contributed by atoms with E-state index >= 15 is 0 Å². The SMILES string of the molecule is CNC(=O)c1ncnc(N2CCC(C(=O)N3OCC[C@H]3c3ccc(C)nc3)CC2)c1P. The topological polar surface area (TPSA) is 101 Å². The standard InChI is InChI=1S/C21H27N6O3P/c1-13-3-4-15(11-23-13)16-7-10-30-27(16)21(29)14-5-8-26(9-6-14)19-18(31)17(20(28)22-2)24-12-25-19/h3-4,11-12,14,16H,5-10,31H2,1-2H3,(H,22,28)/t16-/m0/s1. The summed E-state index contributed by atoms with van der Waals surface area (Å²) in [6.45, 7) is 3.82. The maximum atomic E-state index is 13.2. The van der Waals surface area contributed by atoms with Crippen molar-refractivity contribution in [1.29, 1.82) is 0 Å². The van der Waals surface area contributed by atoms with E-state index < -0.39 is 0 Å². The summed E-state index contributed by atoms with van der Waals surface area (Å²) in [5, 5.41) is 4.82. The smallest absolute Gasteiger partial charge is 0.270 e. The zero-order chi connectivity index (χ0) is 22.0. The van der Waals surface area contributed by atoms with Crippen molar-refractivity contribution in [2.45, 2.75) is 32.2 Å². The number of piperidine rings is 1. The first kappa shape index (κ1) is 21.6. The van der Waals surface area contributed by atoms with Gasteiger partial charge in [-0.1, -0.05) is 15.3 Å². The Morgan fingerprint density at radius 1 is 1.16 bits per heavy atom. The number of hydrogen-bond donors (Lipinski definition) is 1. The number of carbonyl (C=O) groups excluding carboxylic acids is 2. The van der Waals surface area contributed by atoms with Crippen molar-refractivity contribution in [3.63, 3.8) is 0 Å². The minimum atomic E-state index is -0.249. The highest BCUT2D eigenvalue weighted by Gasteiger charge is 2.37. The maximum Gasteiger partial charge on any atom is 0.270 e. The number of amides is 2. The molecule has 0 aromatic carbocycles. The van der Waals surface area contributed by atoms with Gasteiger partial charge in [-0.3, -0.25) is 19.4 Å². The molecule has 2 saturated heterocycles. The third kappa shape index (κ3) is 4.38. The summed E-state index contributed by atoms with van der Waals surface area (Å²) in [5.41, 5.74) is 2.30. The average Bonchev–Trinajstić information content (AvgIpc) is 3.29. The fraction of sp³-hybridized carbons (Fsp3) is 0.476. The molecule has 2 aromatic rings. The number of hydrogen-bond acceptors (Lipinski definition) is 7. The number of carbonyl (C=O) groups is 2. The second-order valence-electron chi connectivity index (χ2n) is 7.83. The minimum absolute atomic E-state index is 0.0301. The molecule has 0 saturated carbocycles. The molecule has 0 radical (unpaired) electrons. The lowest BCUT2D eigenvalue weighted by Gasteiger charge is -2.35. The molecule has 2 aliphatic heterocycles. The predicted octanol–water partition coefficient (Wildman–Crippen LogP) is 1.16. The van der Waals surface area contributed by atoms with Crippen LogP contribution in [0.5, 0.6) is 0 Å². The van der Waals surface area contributed by atoms with Crippen LogP contribution in [0.1, 0.15) is 47.1 Å². The van der Waals surface area contributed by atoms with Gasteiger partial charge in [-0.05, 0) is 31.4 Å². The number of hydroxylamine groups is 2. The molecule has 2 fully saturated rings. The average molecular weight is 442 g/mol. The molecule has 4 rings (SSSR count). The van der Waals surface area contributed by atoms with Gasteiger partial charge in [-0.25, -0.2) is 15.0 Å². The van der Waals surface area contributed by atoms with Gasteiger partial charge in [-0.15, -0.1) is 0 Å². The normalized spacial score (nSPS) is 19.5. The summed E-state index contributed by atoms with van der Waals surface area (Å²) in [5.74, 6) is 0.387. The summed E-state index contributed by atoms with van der Waals surface area (Å²) in [6.07, 6.45) is 5.40. The fourth-order valence-corrected chi connectivity index (χ4v) is 4.58. The van der Waals surface area contributed by atoms with E-state index in [1.165, 1.54) is 6.33 Å². The molecule has 2 aliphatic rings. The molecular formula is C21H27N6O3P. The van der Waals surface area contributed by atoms with E-state index in [2.05, 4.69) is 34.4 Å². The van der Waals surface area contributed by atoms with Crippen molar-refractivity contribution in [3.8, 4) is 0 Å². The van der Waals surface area contributed by atoms with E-state index in [1.54, 1.807) is 12.1 Å². The predicted molar refractivity (Wildman–Crippen MR) is 119 cm³/mol. The van der Waals surface area contributed by atoms with E-state index in [4.69, 9.17) is 4.84 Å². The second kappa shape index (κ2) is 9.24. The van der Waals surface area contributed by atoms with Gasteiger partial charge in [0.15, 0.2) is 0 Å². The molecule has 1 N–H and O–H groups in total.